The van der Waals surface area contributed by atoms with Crippen LogP contribution in [-0.4, -0.2) is 56.3 Å². The second-order valence-corrected chi connectivity index (χ2v) is 9.41. The average Bonchev–Trinajstić information content (AvgIpc) is 3.02. The molecule has 6 nitrogen and oxygen atoms in total. The number of hydrogen-bond donors (Lipinski definition) is 3. The zero-order valence-corrected chi connectivity index (χ0v) is 16.8. The number of fused-ring (bicyclic) bond motifs is 3. The van der Waals surface area contributed by atoms with Crippen molar-refractivity contribution in [3.63, 3.8) is 0 Å². The van der Waals surface area contributed by atoms with Crippen molar-refractivity contribution in [2.24, 2.45) is 11.8 Å². The van der Waals surface area contributed by atoms with Crippen LogP contribution in [-0.2, 0) is 14.4 Å². The molecule has 3 rings (SSSR count). The molecular formula is C18H28N2O4S2. The van der Waals surface area contributed by atoms with Crippen LogP contribution in [0.2, 0.25) is 0 Å². The molecule has 3 aliphatic rings. The van der Waals surface area contributed by atoms with Crippen LogP contribution in [0.25, 0.3) is 0 Å². The zero-order valence-electron chi connectivity index (χ0n) is 15.1. The largest absolute Gasteiger partial charge is 0.480 e. The molecule has 8 heteroatoms. The van der Waals surface area contributed by atoms with Gasteiger partial charge in [-0.25, -0.2) is 4.79 Å². The number of hydrogen-bond acceptors (Lipinski definition) is 5. The molecule has 2 N–H and O–H groups in total. The summed E-state index contributed by atoms with van der Waals surface area (Å²) < 4.78 is 0. The molecule has 3 fully saturated rings. The molecule has 146 valence electrons. The van der Waals surface area contributed by atoms with Crippen molar-refractivity contribution in [3.05, 3.63) is 0 Å². The molecule has 0 spiro atoms. The standard InChI is InChI=1S/C18H28N2O4S2/c1-2-5-14(25)15(21)19-12-8-10-6-3-4-7-11(10)17-20(16(12)22)13(9-26-17)18(23)24/h10-14,17,25H,2-9H2,1H3,(H,19,21)(H,23,24)/t10-,11-,12+,13+,14+,17-/m1/s1. The van der Waals surface area contributed by atoms with E-state index in [1.165, 1.54) is 0 Å². The van der Waals surface area contributed by atoms with E-state index >= 15 is 0 Å². The van der Waals surface area contributed by atoms with E-state index in [-0.39, 0.29) is 17.2 Å². The molecule has 6 atom stereocenters. The summed E-state index contributed by atoms with van der Waals surface area (Å²) in [5, 5.41) is 12.0. The lowest BCUT2D eigenvalue weighted by atomic mass is 9.76. The van der Waals surface area contributed by atoms with Gasteiger partial charge in [0.05, 0.1) is 10.6 Å². The van der Waals surface area contributed by atoms with Gasteiger partial charge in [0.25, 0.3) is 0 Å². The minimum atomic E-state index is -0.953. The highest BCUT2D eigenvalue weighted by Gasteiger charge is 2.52. The van der Waals surface area contributed by atoms with Gasteiger partial charge in [0.1, 0.15) is 12.1 Å². The molecule has 2 heterocycles. The van der Waals surface area contributed by atoms with Gasteiger partial charge in [-0.3, -0.25) is 9.59 Å². The first-order chi connectivity index (χ1) is 12.4. The maximum atomic E-state index is 13.2. The quantitative estimate of drug-likeness (QED) is 0.616. The van der Waals surface area contributed by atoms with Crippen molar-refractivity contribution in [1.82, 2.24) is 10.2 Å². The number of nitrogens with zero attached hydrogens (tertiary/aromatic N) is 1. The number of nitrogens with one attached hydrogen (secondary N) is 1. The maximum absolute atomic E-state index is 13.2. The predicted octanol–water partition coefficient (Wildman–Crippen LogP) is 2.13. The number of rotatable bonds is 5. The summed E-state index contributed by atoms with van der Waals surface area (Å²) in [5.41, 5.74) is 0. The fraction of sp³-hybridized carbons (Fsp3) is 0.833. The van der Waals surface area contributed by atoms with E-state index in [1.54, 1.807) is 16.7 Å². The van der Waals surface area contributed by atoms with Crippen molar-refractivity contribution in [2.75, 3.05) is 5.75 Å². The summed E-state index contributed by atoms with van der Waals surface area (Å²) in [6, 6.07) is -1.43. The van der Waals surface area contributed by atoms with Gasteiger partial charge in [0, 0.05) is 5.75 Å². The lowest BCUT2D eigenvalue weighted by Gasteiger charge is -2.36. The molecule has 0 bridgehead atoms. The van der Waals surface area contributed by atoms with Crippen LogP contribution in [0.3, 0.4) is 0 Å². The van der Waals surface area contributed by atoms with E-state index in [4.69, 9.17) is 0 Å². The molecule has 0 aromatic rings. The minimum Gasteiger partial charge on any atom is -0.480 e. The Hall–Kier alpha value is -0.890. The van der Waals surface area contributed by atoms with Crippen molar-refractivity contribution >= 4 is 42.2 Å². The summed E-state index contributed by atoms with van der Waals surface area (Å²) >= 11 is 5.94. The first kappa shape index (κ1) is 19.9. The zero-order chi connectivity index (χ0) is 18.8. The highest BCUT2D eigenvalue weighted by Crippen LogP contribution is 2.47. The number of carboxylic acid groups (broad SMARTS) is 1. The van der Waals surface area contributed by atoms with Crippen molar-refractivity contribution in [1.29, 1.82) is 0 Å². The normalized spacial score (nSPS) is 35.2. The molecule has 2 aliphatic heterocycles. The van der Waals surface area contributed by atoms with Crippen molar-refractivity contribution < 1.29 is 19.5 Å². The van der Waals surface area contributed by atoms with Gasteiger partial charge in [-0.2, -0.15) is 12.6 Å². The number of amides is 2. The fourth-order valence-corrected chi connectivity index (χ4v) is 6.64. The maximum Gasteiger partial charge on any atom is 0.327 e. The molecule has 0 aromatic heterocycles. The Kier molecular flexibility index (Phi) is 6.43. The molecule has 2 saturated heterocycles. The van der Waals surface area contributed by atoms with Crippen LogP contribution in [0.4, 0.5) is 0 Å². The number of carbonyl (C=O) groups excluding carboxylic acids is 2. The lowest BCUT2D eigenvalue weighted by Crippen LogP contribution is -2.54. The fourth-order valence-electron chi connectivity index (χ4n) is 4.61. The van der Waals surface area contributed by atoms with Gasteiger partial charge in [0.15, 0.2) is 0 Å². The Bertz CT molecular complexity index is 573. The molecule has 0 unspecified atom stereocenters. The van der Waals surface area contributed by atoms with Crippen LogP contribution in [0.15, 0.2) is 0 Å². The second kappa shape index (κ2) is 8.42. The van der Waals surface area contributed by atoms with Gasteiger partial charge in [-0.05, 0) is 37.5 Å². The van der Waals surface area contributed by atoms with E-state index < -0.39 is 23.3 Å². The van der Waals surface area contributed by atoms with Gasteiger partial charge >= 0.3 is 5.97 Å². The predicted molar refractivity (Wildman–Crippen MR) is 104 cm³/mol. The molecule has 0 aromatic carbocycles. The van der Waals surface area contributed by atoms with Crippen molar-refractivity contribution in [2.45, 2.75) is 74.6 Å². The van der Waals surface area contributed by atoms with Gasteiger partial charge in [-0.1, -0.05) is 26.2 Å². The van der Waals surface area contributed by atoms with Gasteiger partial charge in [0.2, 0.25) is 11.8 Å². The Morgan fingerprint density at radius 3 is 2.81 bits per heavy atom. The summed E-state index contributed by atoms with van der Waals surface area (Å²) in [6.45, 7) is 1.99. The molecule has 0 radical (unpaired) electrons. The van der Waals surface area contributed by atoms with Crippen LogP contribution < -0.4 is 5.32 Å². The topological polar surface area (TPSA) is 86.7 Å². The Balaban J connectivity index is 1.84. The number of thiol groups is 1. The number of aliphatic carboxylic acids is 1. The highest BCUT2D eigenvalue weighted by molar-refractivity contribution is 8.00. The third kappa shape index (κ3) is 3.86. The Labute approximate surface area is 164 Å². The summed E-state index contributed by atoms with van der Waals surface area (Å²) in [4.78, 5) is 38.9. The monoisotopic (exact) mass is 400 g/mol. The third-order valence-corrected chi connectivity index (χ3v) is 7.85. The van der Waals surface area contributed by atoms with E-state index in [1.807, 2.05) is 6.92 Å². The third-order valence-electron chi connectivity index (χ3n) is 5.93. The van der Waals surface area contributed by atoms with Gasteiger partial charge in [-0.15, -0.1) is 11.8 Å². The second-order valence-electron chi connectivity index (χ2n) is 7.63. The van der Waals surface area contributed by atoms with E-state index in [0.717, 1.165) is 32.1 Å². The number of carbonyl (C=O) groups is 3. The highest BCUT2D eigenvalue weighted by atomic mass is 32.2. The Morgan fingerprint density at radius 2 is 2.12 bits per heavy atom. The van der Waals surface area contributed by atoms with Crippen molar-refractivity contribution in [3.8, 4) is 0 Å². The summed E-state index contributed by atoms with van der Waals surface area (Å²) in [6.07, 6.45) is 6.46. The summed E-state index contributed by atoms with van der Waals surface area (Å²) in [7, 11) is 0. The SMILES string of the molecule is CCC[C@H](S)C(=O)N[C@H]1C[C@H]2CCCC[C@H]2[C@H]2SC[C@@H](C(=O)O)N2C1=O. The minimum absolute atomic E-state index is 0.0711. The summed E-state index contributed by atoms with van der Waals surface area (Å²) in [5.74, 6) is -0.291. The van der Waals surface area contributed by atoms with Crippen LogP contribution in [0, 0.1) is 11.8 Å². The lowest BCUT2D eigenvalue weighted by molar-refractivity contribution is -0.150. The van der Waals surface area contributed by atoms with E-state index in [2.05, 4.69) is 17.9 Å². The van der Waals surface area contributed by atoms with Crippen LogP contribution in [0.1, 0.15) is 51.9 Å². The first-order valence-corrected chi connectivity index (χ1v) is 11.2. The molecule has 1 saturated carbocycles. The van der Waals surface area contributed by atoms with Crippen LogP contribution >= 0.6 is 24.4 Å². The molecule has 2 amide bonds. The average molecular weight is 401 g/mol. The molecule has 1 aliphatic carbocycles. The van der Waals surface area contributed by atoms with E-state index in [9.17, 15) is 19.5 Å². The smallest absolute Gasteiger partial charge is 0.327 e. The number of thioether (sulfide) groups is 1. The van der Waals surface area contributed by atoms with Crippen LogP contribution in [0.5, 0.6) is 0 Å². The molecule has 26 heavy (non-hydrogen) atoms. The van der Waals surface area contributed by atoms with E-state index in [0.29, 0.717) is 30.4 Å². The molecular weight excluding hydrogens is 372 g/mol. The first-order valence-electron chi connectivity index (χ1n) is 9.59. The number of carboxylic acids is 1. The van der Waals surface area contributed by atoms with Gasteiger partial charge < -0.3 is 15.3 Å². The Morgan fingerprint density at radius 1 is 1.38 bits per heavy atom.